The van der Waals surface area contributed by atoms with Gasteiger partial charge in [0.25, 0.3) is 5.88 Å². The number of aromatic nitrogens is 2. The van der Waals surface area contributed by atoms with E-state index < -0.39 is 4.92 Å². The second-order valence-corrected chi connectivity index (χ2v) is 5.01. The van der Waals surface area contributed by atoms with E-state index in [0.29, 0.717) is 12.5 Å². The number of hydrogen-bond donors (Lipinski definition) is 1. The highest BCUT2D eigenvalue weighted by atomic mass is 79.9. The van der Waals surface area contributed by atoms with Crippen LogP contribution in [0.15, 0.2) is 34.9 Å². The Hall–Kier alpha value is -2.22. The Labute approximate surface area is 129 Å². The lowest BCUT2D eigenvalue weighted by Crippen LogP contribution is -2.06. The SMILES string of the molecule is CCNc1ncc([N+](=O)[O-])c(OCc2cccc(Br)c2)n1. The number of hydrogen-bond acceptors (Lipinski definition) is 6. The molecule has 1 heterocycles. The van der Waals surface area contributed by atoms with Gasteiger partial charge in [-0.15, -0.1) is 0 Å². The number of nitrogens with one attached hydrogen (secondary N) is 1. The summed E-state index contributed by atoms with van der Waals surface area (Å²) in [6.45, 7) is 2.68. The van der Waals surface area contributed by atoms with Crippen molar-refractivity contribution in [3.05, 3.63) is 50.6 Å². The largest absolute Gasteiger partial charge is 0.468 e. The molecule has 0 radical (unpaired) electrons. The van der Waals surface area contributed by atoms with Crippen molar-refractivity contribution in [2.75, 3.05) is 11.9 Å². The Morgan fingerprint density at radius 2 is 2.29 bits per heavy atom. The molecule has 0 aliphatic heterocycles. The molecule has 0 atom stereocenters. The molecular weight excluding hydrogens is 340 g/mol. The van der Waals surface area contributed by atoms with Crippen molar-refractivity contribution >= 4 is 27.6 Å². The molecule has 0 amide bonds. The fourth-order valence-electron chi connectivity index (χ4n) is 1.61. The first kappa shape index (κ1) is 15.2. The van der Waals surface area contributed by atoms with E-state index in [9.17, 15) is 10.1 Å². The minimum Gasteiger partial charge on any atom is -0.468 e. The lowest BCUT2D eigenvalue weighted by atomic mass is 10.2. The van der Waals surface area contributed by atoms with Gasteiger partial charge in [0.15, 0.2) is 0 Å². The number of ether oxygens (including phenoxy) is 1. The zero-order chi connectivity index (χ0) is 15.2. The predicted octanol–water partition coefficient (Wildman–Crippen LogP) is 3.16. The van der Waals surface area contributed by atoms with E-state index in [1.165, 1.54) is 0 Å². The summed E-state index contributed by atoms with van der Waals surface area (Å²) in [4.78, 5) is 18.3. The van der Waals surface area contributed by atoms with Gasteiger partial charge in [-0.25, -0.2) is 4.98 Å². The fourth-order valence-corrected chi connectivity index (χ4v) is 2.06. The minimum atomic E-state index is -0.564. The third-order valence-electron chi connectivity index (χ3n) is 2.53. The Bertz CT molecular complexity index is 651. The van der Waals surface area contributed by atoms with Gasteiger partial charge in [-0.1, -0.05) is 28.1 Å². The third kappa shape index (κ3) is 4.12. The highest BCUT2D eigenvalue weighted by Gasteiger charge is 2.19. The number of nitrogens with zero attached hydrogens (tertiary/aromatic N) is 3. The number of anilines is 1. The van der Waals surface area contributed by atoms with Crippen LogP contribution in [0.1, 0.15) is 12.5 Å². The van der Waals surface area contributed by atoms with Gasteiger partial charge in [0.1, 0.15) is 12.8 Å². The molecule has 0 saturated heterocycles. The van der Waals surface area contributed by atoms with Crippen molar-refractivity contribution in [1.82, 2.24) is 9.97 Å². The molecule has 0 aliphatic carbocycles. The van der Waals surface area contributed by atoms with Crippen LogP contribution in [0, 0.1) is 10.1 Å². The van der Waals surface area contributed by atoms with Crippen LogP contribution in [-0.2, 0) is 6.61 Å². The number of rotatable bonds is 6. The van der Waals surface area contributed by atoms with E-state index in [-0.39, 0.29) is 18.2 Å². The zero-order valence-electron chi connectivity index (χ0n) is 11.2. The van der Waals surface area contributed by atoms with E-state index in [1.54, 1.807) is 0 Å². The van der Waals surface area contributed by atoms with E-state index in [0.717, 1.165) is 16.2 Å². The molecule has 1 aromatic carbocycles. The smallest absolute Gasteiger partial charge is 0.349 e. The normalized spacial score (nSPS) is 10.2. The van der Waals surface area contributed by atoms with Crippen molar-refractivity contribution < 1.29 is 9.66 Å². The molecule has 1 N–H and O–H groups in total. The first-order valence-corrected chi connectivity index (χ1v) is 7.02. The zero-order valence-corrected chi connectivity index (χ0v) is 12.8. The van der Waals surface area contributed by atoms with Gasteiger partial charge in [-0.05, 0) is 24.6 Å². The van der Waals surface area contributed by atoms with Crippen LogP contribution < -0.4 is 10.1 Å². The van der Waals surface area contributed by atoms with E-state index >= 15 is 0 Å². The van der Waals surface area contributed by atoms with Crippen molar-refractivity contribution in [2.45, 2.75) is 13.5 Å². The maximum Gasteiger partial charge on any atom is 0.349 e. The maximum absolute atomic E-state index is 11.0. The van der Waals surface area contributed by atoms with Crippen molar-refractivity contribution in [2.24, 2.45) is 0 Å². The number of nitro groups is 1. The average molecular weight is 353 g/mol. The molecule has 1 aromatic heterocycles. The van der Waals surface area contributed by atoms with Crippen molar-refractivity contribution in [3.8, 4) is 5.88 Å². The molecule has 0 unspecified atom stereocenters. The van der Waals surface area contributed by atoms with Crippen LogP contribution in [0.4, 0.5) is 11.6 Å². The minimum absolute atomic E-state index is 0.0501. The number of halogens is 1. The van der Waals surface area contributed by atoms with Crippen molar-refractivity contribution in [1.29, 1.82) is 0 Å². The van der Waals surface area contributed by atoms with E-state index in [1.807, 2.05) is 31.2 Å². The van der Waals surface area contributed by atoms with Gasteiger partial charge in [0, 0.05) is 11.0 Å². The quantitative estimate of drug-likeness (QED) is 0.634. The second-order valence-electron chi connectivity index (χ2n) is 4.09. The predicted molar refractivity (Wildman–Crippen MR) is 81.3 cm³/mol. The first-order chi connectivity index (χ1) is 10.1. The van der Waals surface area contributed by atoms with Crippen LogP contribution in [0.2, 0.25) is 0 Å². The molecule has 8 heteroatoms. The molecule has 2 aromatic rings. The Balaban J connectivity index is 2.20. The van der Waals surface area contributed by atoms with Gasteiger partial charge in [-0.2, -0.15) is 4.98 Å². The molecule has 0 saturated carbocycles. The summed E-state index contributed by atoms with van der Waals surface area (Å²) in [5, 5.41) is 13.9. The molecule has 110 valence electrons. The topological polar surface area (TPSA) is 90.2 Å². The van der Waals surface area contributed by atoms with Crippen LogP contribution in [0.25, 0.3) is 0 Å². The summed E-state index contributed by atoms with van der Waals surface area (Å²) in [5.74, 6) is 0.248. The molecule has 2 rings (SSSR count). The molecule has 0 bridgehead atoms. The van der Waals surface area contributed by atoms with Crippen molar-refractivity contribution in [3.63, 3.8) is 0 Å². The van der Waals surface area contributed by atoms with Crippen LogP contribution >= 0.6 is 15.9 Å². The molecule has 21 heavy (non-hydrogen) atoms. The van der Waals surface area contributed by atoms with E-state index in [2.05, 4.69) is 31.2 Å². The van der Waals surface area contributed by atoms with Gasteiger partial charge >= 0.3 is 5.69 Å². The molecular formula is C13H13BrN4O3. The van der Waals surface area contributed by atoms with Gasteiger partial charge in [0.2, 0.25) is 5.95 Å². The molecule has 0 aliphatic rings. The molecule has 0 fully saturated rings. The first-order valence-electron chi connectivity index (χ1n) is 6.22. The summed E-state index contributed by atoms with van der Waals surface area (Å²) in [7, 11) is 0. The third-order valence-corrected chi connectivity index (χ3v) is 3.03. The lowest BCUT2D eigenvalue weighted by molar-refractivity contribution is -0.386. The fraction of sp³-hybridized carbons (Fsp3) is 0.231. The number of benzene rings is 1. The highest BCUT2D eigenvalue weighted by molar-refractivity contribution is 9.10. The monoisotopic (exact) mass is 352 g/mol. The summed E-state index contributed by atoms with van der Waals surface area (Å²) >= 11 is 3.36. The van der Waals surface area contributed by atoms with Crippen LogP contribution in [0.5, 0.6) is 5.88 Å². The Morgan fingerprint density at radius 3 is 2.95 bits per heavy atom. The van der Waals surface area contributed by atoms with Crippen LogP contribution in [-0.4, -0.2) is 21.4 Å². The van der Waals surface area contributed by atoms with Crippen LogP contribution in [0.3, 0.4) is 0 Å². The molecule has 7 nitrogen and oxygen atoms in total. The summed E-state index contributed by atoms with van der Waals surface area (Å²) < 4.78 is 6.38. The second kappa shape index (κ2) is 6.98. The van der Waals surface area contributed by atoms with E-state index in [4.69, 9.17) is 4.74 Å². The summed E-state index contributed by atoms with van der Waals surface area (Å²) in [5.41, 5.74) is 0.619. The highest BCUT2D eigenvalue weighted by Crippen LogP contribution is 2.25. The summed E-state index contributed by atoms with van der Waals surface area (Å²) in [6.07, 6.45) is 1.14. The Morgan fingerprint density at radius 1 is 1.48 bits per heavy atom. The standard InChI is InChI=1S/C13H13BrN4O3/c1-2-15-13-16-7-11(18(19)20)12(17-13)21-8-9-4-3-5-10(14)6-9/h3-7H,2,8H2,1H3,(H,15,16,17). The van der Waals surface area contributed by atoms with Gasteiger partial charge < -0.3 is 10.1 Å². The Kier molecular flexibility index (Phi) is 5.04. The molecule has 0 spiro atoms. The average Bonchev–Trinajstić information content (AvgIpc) is 2.45. The van der Waals surface area contributed by atoms with Gasteiger partial charge in [0.05, 0.1) is 4.92 Å². The lowest BCUT2D eigenvalue weighted by Gasteiger charge is -2.08. The summed E-state index contributed by atoms with van der Waals surface area (Å²) in [6, 6.07) is 7.49. The van der Waals surface area contributed by atoms with Gasteiger partial charge in [-0.3, -0.25) is 10.1 Å². The maximum atomic E-state index is 11.0.